The van der Waals surface area contributed by atoms with E-state index in [1.807, 2.05) is 0 Å². The summed E-state index contributed by atoms with van der Waals surface area (Å²) in [5.74, 6) is 0.277. The number of ether oxygens (including phenoxy) is 1. The van der Waals surface area contributed by atoms with Gasteiger partial charge < -0.3 is 14.5 Å². The number of rotatable bonds is 5. The average Bonchev–Trinajstić information content (AvgIpc) is 3.17. The van der Waals surface area contributed by atoms with Gasteiger partial charge in [-0.3, -0.25) is 4.79 Å². The third kappa shape index (κ3) is 3.82. The molecule has 1 aromatic carbocycles. The first-order valence-corrected chi connectivity index (χ1v) is 9.86. The Morgan fingerprint density at radius 2 is 1.96 bits per heavy atom. The molecule has 3 rings (SSSR count). The Bertz CT molecular complexity index is 871. The number of nitrogens with zero attached hydrogens (tertiary/aromatic N) is 1. The first-order chi connectivity index (χ1) is 12.4. The van der Waals surface area contributed by atoms with E-state index in [1.54, 1.807) is 38.1 Å². The molecule has 26 heavy (non-hydrogen) atoms. The predicted molar refractivity (Wildman–Crippen MR) is 95.3 cm³/mol. The molecule has 8 heteroatoms. The number of amides is 1. The topological polar surface area (TPSA) is 88.8 Å². The Kier molecular flexibility index (Phi) is 5.45. The molecule has 2 aromatic rings. The van der Waals surface area contributed by atoms with E-state index in [4.69, 9.17) is 9.15 Å². The SMILES string of the molecule is Cc1ccc(C(=O)N[C@@H](C)c2ccco2)cc1S(=O)(=O)N1CCOCC1. The molecule has 0 unspecified atom stereocenters. The Morgan fingerprint density at radius 3 is 2.62 bits per heavy atom. The number of carbonyl (C=O) groups excluding carboxylic acids is 1. The smallest absolute Gasteiger partial charge is 0.251 e. The maximum absolute atomic E-state index is 12.9. The van der Waals surface area contributed by atoms with Crippen LogP contribution in [0.3, 0.4) is 0 Å². The number of benzene rings is 1. The van der Waals surface area contributed by atoms with Gasteiger partial charge in [-0.2, -0.15) is 4.31 Å². The molecule has 0 saturated carbocycles. The summed E-state index contributed by atoms with van der Waals surface area (Å²) in [6.45, 7) is 4.90. The summed E-state index contributed by atoms with van der Waals surface area (Å²) in [5, 5.41) is 2.82. The summed E-state index contributed by atoms with van der Waals surface area (Å²) in [4.78, 5) is 12.7. The van der Waals surface area contributed by atoms with Crippen LogP contribution in [0.15, 0.2) is 45.9 Å². The molecule has 1 amide bonds. The molecule has 0 spiro atoms. The van der Waals surface area contributed by atoms with E-state index < -0.39 is 10.0 Å². The lowest BCUT2D eigenvalue weighted by Gasteiger charge is -2.26. The molecular formula is C18H22N2O5S. The largest absolute Gasteiger partial charge is 0.467 e. The predicted octanol–water partition coefficient (Wildman–Crippen LogP) is 2.10. The number of carbonyl (C=O) groups is 1. The summed E-state index contributed by atoms with van der Waals surface area (Å²) >= 11 is 0. The fraction of sp³-hybridized carbons (Fsp3) is 0.389. The Hall–Kier alpha value is -2.16. The molecule has 1 atom stereocenters. The molecule has 2 heterocycles. The van der Waals surface area contributed by atoms with Crippen LogP contribution in [0, 0.1) is 6.92 Å². The first kappa shape index (κ1) is 18.6. The molecule has 0 radical (unpaired) electrons. The van der Waals surface area contributed by atoms with Crippen LogP contribution < -0.4 is 5.32 Å². The standard InChI is InChI=1S/C18H22N2O5S/c1-13-5-6-15(18(21)19-14(2)16-4-3-9-25-16)12-17(13)26(22,23)20-7-10-24-11-8-20/h3-6,9,12,14H,7-8,10-11H2,1-2H3,(H,19,21)/t14-/m0/s1. The van der Waals surface area contributed by atoms with E-state index in [0.29, 0.717) is 43.2 Å². The summed E-state index contributed by atoms with van der Waals surface area (Å²) in [6, 6.07) is 7.91. The van der Waals surface area contributed by atoms with Gasteiger partial charge in [0.1, 0.15) is 5.76 Å². The van der Waals surface area contributed by atoms with Crippen molar-refractivity contribution in [3.05, 3.63) is 53.5 Å². The van der Waals surface area contributed by atoms with Crippen LogP contribution in [-0.2, 0) is 14.8 Å². The maximum Gasteiger partial charge on any atom is 0.251 e. The van der Waals surface area contributed by atoms with Crippen molar-refractivity contribution in [3.63, 3.8) is 0 Å². The number of furan rings is 1. The van der Waals surface area contributed by atoms with Gasteiger partial charge in [-0.05, 0) is 43.7 Å². The quantitative estimate of drug-likeness (QED) is 0.861. The molecule has 1 fully saturated rings. The molecule has 1 saturated heterocycles. The Morgan fingerprint density at radius 1 is 1.23 bits per heavy atom. The van der Waals surface area contributed by atoms with Gasteiger partial charge in [0.25, 0.3) is 5.91 Å². The highest BCUT2D eigenvalue weighted by atomic mass is 32.2. The molecule has 1 aliphatic heterocycles. The van der Waals surface area contributed by atoms with E-state index >= 15 is 0 Å². The number of hydrogen-bond donors (Lipinski definition) is 1. The van der Waals surface area contributed by atoms with Crippen LogP contribution in [-0.4, -0.2) is 44.9 Å². The number of aryl methyl sites for hydroxylation is 1. The third-order valence-corrected chi connectivity index (χ3v) is 6.40. The maximum atomic E-state index is 12.9. The Balaban J connectivity index is 1.84. The van der Waals surface area contributed by atoms with Crippen molar-refractivity contribution in [1.82, 2.24) is 9.62 Å². The van der Waals surface area contributed by atoms with Crippen LogP contribution in [0.1, 0.15) is 34.6 Å². The minimum atomic E-state index is -3.67. The molecular weight excluding hydrogens is 356 g/mol. The highest BCUT2D eigenvalue weighted by molar-refractivity contribution is 7.89. The fourth-order valence-corrected chi connectivity index (χ4v) is 4.49. The van der Waals surface area contributed by atoms with Crippen LogP contribution >= 0.6 is 0 Å². The van der Waals surface area contributed by atoms with Gasteiger partial charge in [-0.1, -0.05) is 6.07 Å². The molecule has 1 N–H and O–H groups in total. The zero-order valence-electron chi connectivity index (χ0n) is 14.8. The zero-order chi connectivity index (χ0) is 18.7. The van der Waals surface area contributed by atoms with Gasteiger partial charge in [0, 0.05) is 18.7 Å². The van der Waals surface area contributed by atoms with Gasteiger partial charge in [0.15, 0.2) is 0 Å². The van der Waals surface area contributed by atoms with Crippen molar-refractivity contribution in [2.24, 2.45) is 0 Å². The van der Waals surface area contributed by atoms with Crippen molar-refractivity contribution >= 4 is 15.9 Å². The van der Waals surface area contributed by atoms with Crippen molar-refractivity contribution < 1.29 is 22.4 Å². The van der Waals surface area contributed by atoms with Crippen LogP contribution in [0.4, 0.5) is 0 Å². The lowest BCUT2D eigenvalue weighted by molar-refractivity contribution is 0.0730. The van der Waals surface area contributed by atoms with Gasteiger partial charge in [0.05, 0.1) is 30.4 Å². The third-order valence-electron chi connectivity index (χ3n) is 4.36. The van der Waals surface area contributed by atoms with E-state index in [-0.39, 0.29) is 16.8 Å². The lowest BCUT2D eigenvalue weighted by atomic mass is 10.1. The average molecular weight is 378 g/mol. The summed E-state index contributed by atoms with van der Waals surface area (Å²) in [5.41, 5.74) is 0.896. The molecule has 7 nitrogen and oxygen atoms in total. The monoisotopic (exact) mass is 378 g/mol. The number of morpholine rings is 1. The van der Waals surface area contributed by atoms with Gasteiger partial charge in [-0.25, -0.2) is 8.42 Å². The van der Waals surface area contributed by atoms with E-state index in [2.05, 4.69) is 5.32 Å². The number of sulfonamides is 1. The van der Waals surface area contributed by atoms with Crippen LogP contribution in [0.2, 0.25) is 0 Å². The second kappa shape index (κ2) is 7.61. The molecule has 1 aromatic heterocycles. The number of hydrogen-bond acceptors (Lipinski definition) is 5. The highest BCUT2D eigenvalue weighted by Gasteiger charge is 2.28. The van der Waals surface area contributed by atoms with E-state index in [9.17, 15) is 13.2 Å². The van der Waals surface area contributed by atoms with Crippen molar-refractivity contribution in [1.29, 1.82) is 0 Å². The first-order valence-electron chi connectivity index (χ1n) is 8.42. The normalized spacial score (nSPS) is 17.0. The molecule has 140 valence electrons. The summed E-state index contributed by atoms with van der Waals surface area (Å²) < 4.78 is 37.7. The second-order valence-electron chi connectivity index (χ2n) is 6.21. The van der Waals surface area contributed by atoms with Crippen molar-refractivity contribution in [2.75, 3.05) is 26.3 Å². The lowest BCUT2D eigenvalue weighted by Crippen LogP contribution is -2.41. The van der Waals surface area contributed by atoms with Crippen LogP contribution in [0.25, 0.3) is 0 Å². The molecule has 1 aliphatic rings. The highest BCUT2D eigenvalue weighted by Crippen LogP contribution is 2.23. The minimum Gasteiger partial charge on any atom is -0.467 e. The summed E-state index contributed by atoms with van der Waals surface area (Å²) in [7, 11) is -3.67. The molecule has 0 bridgehead atoms. The second-order valence-corrected chi connectivity index (χ2v) is 8.11. The van der Waals surface area contributed by atoms with Gasteiger partial charge in [0.2, 0.25) is 10.0 Å². The number of nitrogens with one attached hydrogen (secondary N) is 1. The van der Waals surface area contributed by atoms with Crippen molar-refractivity contribution in [3.8, 4) is 0 Å². The van der Waals surface area contributed by atoms with Gasteiger partial charge >= 0.3 is 0 Å². The van der Waals surface area contributed by atoms with Crippen LogP contribution in [0.5, 0.6) is 0 Å². The summed E-state index contributed by atoms with van der Waals surface area (Å²) in [6.07, 6.45) is 1.54. The zero-order valence-corrected chi connectivity index (χ0v) is 15.6. The minimum absolute atomic E-state index is 0.151. The van der Waals surface area contributed by atoms with Crippen molar-refractivity contribution in [2.45, 2.75) is 24.8 Å². The van der Waals surface area contributed by atoms with E-state index in [0.717, 1.165) is 0 Å². The van der Waals surface area contributed by atoms with E-state index in [1.165, 1.54) is 16.6 Å². The molecule has 0 aliphatic carbocycles. The fourth-order valence-electron chi connectivity index (χ4n) is 2.83. The Labute approximate surface area is 153 Å². The van der Waals surface area contributed by atoms with Gasteiger partial charge in [-0.15, -0.1) is 0 Å².